The van der Waals surface area contributed by atoms with Crippen molar-refractivity contribution in [2.24, 2.45) is 28.6 Å². The molecule has 0 unspecified atom stereocenters. The molecule has 0 radical (unpaired) electrons. The largest absolute Gasteiger partial charge is 1.00 e. The van der Waals surface area contributed by atoms with Gasteiger partial charge in [0.2, 0.25) is 10.4 Å². The number of aliphatic hydroxyl groups is 1. The Morgan fingerprint density at radius 3 is 2.58 bits per heavy atom. The van der Waals surface area contributed by atoms with Gasteiger partial charge in [0.1, 0.15) is 0 Å². The normalized spacial score (nSPS) is 47.8. The van der Waals surface area contributed by atoms with Gasteiger partial charge in [0.05, 0.1) is 12.2 Å². The zero-order valence-corrected chi connectivity index (χ0v) is 18.9. The minimum absolute atomic E-state index is 0. The number of rotatable bonds is 2. The average Bonchev–Trinajstić information content (AvgIpc) is 2.82. The van der Waals surface area contributed by atoms with Gasteiger partial charge in [-0.15, -0.1) is 0 Å². The number of fused-ring (bicyclic) bond motifs is 5. The maximum atomic E-state index is 10.9. The number of hydrogen-bond donors (Lipinski definition) is 1. The summed E-state index contributed by atoms with van der Waals surface area (Å²) in [4.78, 5) is 0. The average molecular weight is 392 g/mol. The van der Waals surface area contributed by atoms with Crippen molar-refractivity contribution < 1.29 is 51.8 Å². The molecule has 7 atom stereocenters. The molecule has 4 aliphatic carbocycles. The van der Waals surface area contributed by atoms with Crippen molar-refractivity contribution in [3.63, 3.8) is 0 Å². The molecular weight excluding hydrogens is 363 g/mol. The van der Waals surface area contributed by atoms with Crippen molar-refractivity contribution in [1.29, 1.82) is 0 Å². The molecule has 0 aromatic heterocycles. The van der Waals surface area contributed by atoms with E-state index in [1.165, 1.54) is 5.57 Å². The molecule has 0 saturated heterocycles. The molecule has 0 heterocycles. The van der Waals surface area contributed by atoms with E-state index >= 15 is 0 Å². The summed E-state index contributed by atoms with van der Waals surface area (Å²) in [5.74, 6) is 1.80. The molecule has 3 saturated carbocycles. The molecule has 7 heteroatoms. The SMILES string of the molecule is C[C@]12CC[C@H]3[C@@H](CC=C4C[C@@H](OS(=O)(=O)[O-])CC[C@@]43C)[C@@H]1CC[C@H]2O.[Na+]. The monoisotopic (exact) mass is 392 g/mol. The Morgan fingerprint density at radius 1 is 1.15 bits per heavy atom. The van der Waals surface area contributed by atoms with Gasteiger partial charge in [-0.1, -0.05) is 25.5 Å². The van der Waals surface area contributed by atoms with Crippen LogP contribution in [0.4, 0.5) is 0 Å². The van der Waals surface area contributed by atoms with E-state index in [0.29, 0.717) is 30.6 Å². The summed E-state index contributed by atoms with van der Waals surface area (Å²) < 4.78 is 37.6. The van der Waals surface area contributed by atoms with E-state index in [2.05, 4.69) is 19.9 Å². The van der Waals surface area contributed by atoms with Crippen molar-refractivity contribution in [2.45, 2.75) is 77.4 Å². The molecule has 0 aromatic carbocycles. The van der Waals surface area contributed by atoms with Crippen LogP contribution in [-0.2, 0) is 14.6 Å². The Balaban J connectivity index is 0.00000196. The fourth-order valence-corrected chi connectivity index (χ4v) is 7.35. The molecule has 0 aromatic rings. The van der Waals surface area contributed by atoms with Crippen LogP contribution >= 0.6 is 0 Å². The van der Waals surface area contributed by atoms with E-state index in [1.54, 1.807) is 0 Å². The third-order valence-corrected chi connectivity index (χ3v) is 8.77. The van der Waals surface area contributed by atoms with Crippen molar-refractivity contribution in [3.8, 4) is 0 Å². The maximum absolute atomic E-state index is 10.9. The van der Waals surface area contributed by atoms with Gasteiger partial charge in [0.15, 0.2) is 0 Å². The van der Waals surface area contributed by atoms with Gasteiger partial charge in [-0.05, 0) is 80.0 Å². The van der Waals surface area contributed by atoms with Crippen LogP contribution in [0.15, 0.2) is 11.6 Å². The Kier molecular flexibility index (Phi) is 5.83. The van der Waals surface area contributed by atoms with E-state index in [1.807, 2.05) is 0 Å². The third-order valence-electron chi connectivity index (χ3n) is 8.26. The second kappa shape index (κ2) is 7.12. The van der Waals surface area contributed by atoms with Gasteiger partial charge in [0.25, 0.3) is 0 Å². The zero-order valence-electron chi connectivity index (χ0n) is 16.1. The quantitative estimate of drug-likeness (QED) is 0.313. The second-order valence-corrected chi connectivity index (χ2v) is 10.3. The molecule has 4 aliphatic rings. The molecule has 4 rings (SSSR count). The number of allylic oxidation sites excluding steroid dienone is 1. The standard InChI is InChI=1S/C19H30O5S.Na/c1-18-9-7-13(24-25(21,22)23)11-12(18)3-4-14-15-5-6-17(20)19(15,2)10-8-16(14)18;/h3,13-17,20H,4-11H2,1-2H3,(H,21,22,23);/q;+1/p-1/t13-,14-,15-,16-,17+,18-,19-;/m0./s1. The topological polar surface area (TPSA) is 86.7 Å². The van der Waals surface area contributed by atoms with Gasteiger partial charge >= 0.3 is 29.6 Å². The van der Waals surface area contributed by atoms with E-state index in [9.17, 15) is 18.1 Å². The predicted octanol–water partition coefficient (Wildman–Crippen LogP) is 0.160. The smallest absolute Gasteiger partial charge is 0.726 e. The summed E-state index contributed by atoms with van der Waals surface area (Å²) in [5, 5.41) is 10.5. The van der Waals surface area contributed by atoms with Gasteiger partial charge in [-0.2, -0.15) is 0 Å². The van der Waals surface area contributed by atoms with Crippen LogP contribution in [0.5, 0.6) is 0 Å². The summed E-state index contributed by atoms with van der Waals surface area (Å²) in [7, 11) is -4.64. The molecule has 0 bridgehead atoms. The fourth-order valence-electron chi connectivity index (χ4n) is 6.85. The summed E-state index contributed by atoms with van der Waals surface area (Å²) in [6.45, 7) is 4.60. The minimum Gasteiger partial charge on any atom is -0.726 e. The van der Waals surface area contributed by atoms with Crippen molar-refractivity contribution >= 4 is 10.4 Å². The minimum atomic E-state index is -4.64. The van der Waals surface area contributed by atoms with E-state index in [-0.39, 0.29) is 46.5 Å². The first kappa shape index (κ1) is 21.3. The summed E-state index contributed by atoms with van der Waals surface area (Å²) in [6.07, 6.45) is 8.98. The Labute approximate surface area is 179 Å². The molecule has 0 spiro atoms. The van der Waals surface area contributed by atoms with E-state index in [0.717, 1.165) is 38.5 Å². The summed E-state index contributed by atoms with van der Waals surface area (Å²) in [5.41, 5.74) is 1.44. The number of hydrogen-bond acceptors (Lipinski definition) is 5. The first-order chi connectivity index (χ1) is 11.6. The molecule has 1 N–H and O–H groups in total. The maximum Gasteiger partial charge on any atom is 1.00 e. The predicted molar refractivity (Wildman–Crippen MR) is 92.3 cm³/mol. The Bertz CT molecular complexity index is 692. The Morgan fingerprint density at radius 2 is 1.88 bits per heavy atom. The van der Waals surface area contributed by atoms with Crippen LogP contribution in [-0.4, -0.2) is 30.3 Å². The molecule has 5 nitrogen and oxygen atoms in total. The van der Waals surface area contributed by atoms with Gasteiger partial charge < -0.3 is 9.66 Å². The van der Waals surface area contributed by atoms with Crippen molar-refractivity contribution in [1.82, 2.24) is 0 Å². The number of aliphatic hydroxyl groups excluding tert-OH is 1. The second-order valence-electron chi connectivity index (χ2n) is 9.27. The van der Waals surface area contributed by atoms with Crippen molar-refractivity contribution in [2.75, 3.05) is 0 Å². The molecular formula is C19H29NaO5S. The van der Waals surface area contributed by atoms with Gasteiger partial charge in [-0.25, -0.2) is 8.42 Å². The van der Waals surface area contributed by atoms with E-state index < -0.39 is 16.5 Å². The van der Waals surface area contributed by atoms with E-state index in [4.69, 9.17) is 4.18 Å². The van der Waals surface area contributed by atoms with Crippen LogP contribution < -0.4 is 29.6 Å². The first-order valence-corrected chi connectivity index (χ1v) is 11.0. The van der Waals surface area contributed by atoms with Crippen LogP contribution in [0.2, 0.25) is 0 Å². The first-order valence-electron chi connectivity index (χ1n) is 9.65. The fraction of sp³-hybridized carbons (Fsp3) is 0.895. The van der Waals surface area contributed by atoms with Crippen LogP contribution in [0.1, 0.15) is 65.2 Å². The summed E-state index contributed by atoms with van der Waals surface area (Å²) >= 11 is 0. The van der Waals surface area contributed by atoms with Crippen LogP contribution in [0.25, 0.3) is 0 Å². The molecule has 26 heavy (non-hydrogen) atoms. The zero-order chi connectivity index (χ0) is 18.0. The van der Waals surface area contributed by atoms with Crippen molar-refractivity contribution in [3.05, 3.63) is 11.6 Å². The van der Waals surface area contributed by atoms with Gasteiger partial charge in [-0.3, -0.25) is 4.18 Å². The summed E-state index contributed by atoms with van der Waals surface area (Å²) in [6, 6.07) is 0. The molecule has 3 fully saturated rings. The van der Waals surface area contributed by atoms with Crippen LogP contribution in [0.3, 0.4) is 0 Å². The van der Waals surface area contributed by atoms with Gasteiger partial charge in [0, 0.05) is 0 Å². The molecule has 142 valence electrons. The van der Waals surface area contributed by atoms with Crippen LogP contribution in [0, 0.1) is 28.6 Å². The molecule has 0 aliphatic heterocycles. The Hall–Kier alpha value is 0.570. The molecule has 0 amide bonds. The third kappa shape index (κ3) is 3.38.